The SMILES string of the molecule is NC(=O)c1c(CS(=O)(=O)O)cc(O)n(-c2ccccc2)c1=O. The van der Waals surface area contributed by atoms with Crippen LogP contribution in [-0.2, 0) is 15.9 Å². The van der Waals surface area contributed by atoms with Crippen LogP contribution in [0.15, 0.2) is 41.2 Å². The summed E-state index contributed by atoms with van der Waals surface area (Å²) in [5.74, 6) is -2.75. The minimum Gasteiger partial charge on any atom is -0.494 e. The van der Waals surface area contributed by atoms with Crippen molar-refractivity contribution in [3.63, 3.8) is 0 Å². The molecule has 1 heterocycles. The van der Waals surface area contributed by atoms with Gasteiger partial charge in [0, 0.05) is 6.07 Å². The van der Waals surface area contributed by atoms with Crippen molar-refractivity contribution in [2.75, 3.05) is 0 Å². The van der Waals surface area contributed by atoms with Gasteiger partial charge in [-0.2, -0.15) is 8.42 Å². The first kappa shape index (κ1) is 15.7. The molecular formula is C13H12N2O6S. The molecule has 0 saturated carbocycles. The number of carbonyl (C=O) groups is 1. The highest BCUT2D eigenvalue weighted by Crippen LogP contribution is 2.19. The van der Waals surface area contributed by atoms with Crippen LogP contribution in [0, 0.1) is 0 Å². The molecule has 0 aliphatic carbocycles. The van der Waals surface area contributed by atoms with Crippen LogP contribution in [0.5, 0.6) is 5.88 Å². The Morgan fingerprint density at radius 2 is 1.82 bits per heavy atom. The molecule has 1 amide bonds. The Bertz CT molecular complexity index is 887. The van der Waals surface area contributed by atoms with Gasteiger partial charge in [-0.05, 0) is 17.7 Å². The molecule has 0 saturated heterocycles. The molecule has 2 aromatic rings. The van der Waals surface area contributed by atoms with Gasteiger partial charge < -0.3 is 10.8 Å². The van der Waals surface area contributed by atoms with E-state index in [1.807, 2.05) is 0 Å². The van der Waals surface area contributed by atoms with E-state index in [0.717, 1.165) is 10.6 Å². The normalized spacial score (nSPS) is 11.3. The third-order valence-electron chi connectivity index (χ3n) is 2.87. The number of pyridine rings is 1. The quantitative estimate of drug-likeness (QED) is 0.678. The van der Waals surface area contributed by atoms with Crippen LogP contribution >= 0.6 is 0 Å². The lowest BCUT2D eigenvalue weighted by Gasteiger charge is -2.12. The first-order valence-corrected chi connectivity index (χ1v) is 7.60. The summed E-state index contributed by atoms with van der Waals surface area (Å²) in [6.45, 7) is 0. The van der Waals surface area contributed by atoms with Crippen LogP contribution in [0.4, 0.5) is 0 Å². The van der Waals surface area contributed by atoms with E-state index in [1.54, 1.807) is 18.2 Å². The molecule has 22 heavy (non-hydrogen) atoms. The van der Waals surface area contributed by atoms with E-state index >= 15 is 0 Å². The lowest BCUT2D eigenvalue weighted by Crippen LogP contribution is -2.31. The van der Waals surface area contributed by atoms with Crippen LogP contribution in [0.3, 0.4) is 0 Å². The van der Waals surface area contributed by atoms with Crippen LogP contribution in [0.25, 0.3) is 5.69 Å². The van der Waals surface area contributed by atoms with Crippen LogP contribution in [0.2, 0.25) is 0 Å². The first-order valence-electron chi connectivity index (χ1n) is 5.99. The fourth-order valence-corrected chi connectivity index (χ4v) is 2.67. The number of rotatable bonds is 4. The van der Waals surface area contributed by atoms with Crippen molar-refractivity contribution in [3.05, 3.63) is 57.9 Å². The van der Waals surface area contributed by atoms with Crippen LogP contribution in [0.1, 0.15) is 15.9 Å². The van der Waals surface area contributed by atoms with E-state index < -0.39 is 38.8 Å². The molecule has 0 aliphatic heterocycles. The number of hydrogen-bond donors (Lipinski definition) is 3. The molecule has 0 radical (unpaired) electrons. The third kappa shape index (κ3) is 3.15. The van der Waals surface area contributed by atoms with Gasteiger partial charge in [0.2, 0.25) is 0 Å². The maximum Gasteiger partial charge on any atom is 0.271 e. The fraction of sp³-hybridized carbons (Fsp3) is 0.0769. The van der Waals surface area contributed by atoms with E-state index in [9.17, 15) is 23.1 Å². The molecule has 1 aromatic heterocycles. The topological polar surface area (TPSA) is 140 Å². The van der Waals surface area contributed by atoms with Crippen molar-refractivity contribution in [3.8, 4) is 11.6 Å². The number of nitrogens with two attached hydrogens (primary N) is 1. The predicted octanol–water partition coefficient (Wildman–Crippen LogP) is 0.0298. The summed E-state index contributed by atoms with van der Waals surface area (Å²) in [6.07, 6.45) is 0. The first-order chi connectivity index (χ1) is 10.2. The van der Waals surface area contributed by atoms with Gasteiger partial charge in [0.15, 0.2) is 5.88 Å². The third-order valence-corrected chi connectivity index (χ3v) is 3.55. The Hall–Kier alpha value is -2.65. The summed E-state index contributed by atoms with van der Waals surface area (Å²) in [5.41, 5.74) is 3.43. The van der Waals surface area contributed by atoms with Crippen molar-refractivity contribution >= 4 is 16.0 Å². The summed E-state index contributed by atoms with van der Waals surface area (Å²) in [4.78, 5) is 23.8. The summed E-state index contributed by atoms with van der Waals surface area (Å²) in [7, 11) is -4.51. The monoisotopic (exact) mass is 324 g/mol. The van der Waals surface area contributed by atoms with Gasteiger partial charge in [-0.3, -0.25) is 14.1 Å². The zero-order valence-corrected chi connectivity index (χ0v) is 11.9. The Labute approximate surface area is 125 Å². The molecule has 4 N–H and O–H groups in total. The molecular weight excluding hydrogens is 312 g/mol. The number of para-hydroxylation sites is 1. The van der Waals surface area contributed by atoms with E-state index in [-0.39, 0.29) is 11.3 Å². The maximum atomic E-state index is 12.4. The summed E-state index contributed by atoms with van der Waals surface area (Å²) < 4.78 is 31.6. The van der Waals surface area contributed by atoms with Crippen molar-refractivity contribution in [1.82, 2.24) is 4.57 Å². The second-order valence-corrected chi connectivity index (χ2v) is 5.92. The second-order valence-electron chi connectivity index (χ2n) is 4.47. The highest BCUT2D eigenvalue weighted by molar-refractivity contribution is 7.85. The number of carbonyl (C=O) groups excluding carboxylic acids is 1. The minimum atomic E-state index is -4.51. The number of benzene rings is 1. The van der Waals surface area contributed by atoms with Crippen LogP contribution in [-0.4, -0.2) is 28.6 Å². The smallest absolute Gasteiger partial charge is 0.271 e. The summed E-state index contributed by atoms with van der Waals surface area (Å²) in [5, 5.41) is 9.96. The molecule has 0 bridgehead atoms. The Balaban J connectivity index is 2.79. The Morgan fingerprint density at radius 3 is 2.32 bits per heavy atom. The van der Waals surface area contributed by atoms with Gasteiger partial charge >= 0.3 is 0 Å². The Kier molecular flexibility index (Phi) is 4.02. The van der Waals surface area contributed by atoms with Crippen molar-refractivity contribution in [2.45, 2.75) is 5.75 Å². The Morgan fingerprint density at radius 1 is 1.23 bits per heavy atom. The molecule has 0 unspecified atom stereocenters. The molecule has 2 rings (SSSR count). The van der Waals surface area contributed by atoms with Crippen molar-refractivity contribution in [2.24, 2.45) is 5.73 Å². The van der Waals surface area contributed by atoms with E-state index in [2.05, 4.69) is 0 Å². The van der Waals surface area contributed by atoms with Gasteiger partial charge in [0.25, 0.3) is 21.6 Å². The zero-order chi connectivity index (χ0) is 16.5. The standard InChI is InChI=1S/C13H12N2O6S/c14-12(17)11-8(7-22(19,20)21)6-10(16)15(13(11)18)9-4-2-1-3-5-9/h1-6,16H,7H2,(H2,14,17)(H,19,20,21). The minimum absolute atomic E-state index is 0.269. The average Bonchev–Trinajstić information content (AvgIpc) is 2.36. The second kappa shape index (κ2) is 5.62. The summed E-state index contributed by atoms with van der Waals surface area (Å²) >= 11 is 0. The molecule has 0 atom stereocenters. The summed E-state index contributed by atoms with van der Waals surface area (Å²) in [6, 6.07) is 8.83. The number of aromatic nitrogens is 1. The maximum absolute atomic E-state index is 12.4. The molecule has 1 aromatic carbocycles. The molecule has 116 valence electrons. The fourth-order valence-electron chi connectivity index (χ4n) is 2.05. The molecule has 0 spiro atoms. The number of primary amides is 1. The molecule has 0 aliphatic rings. The van der Waals surface area contributed by atoms with E-state index in [4.69, 9.17) is 10.3 Å². The lowest BCUT2D eigenvalue weighted by molar-refractivity contribution is 0.0998. The number of amides is 1. The molecule has 0 fully saturated rings. The van der Waals surface area contributed by atoms with E-state index in [1.165, 1.54) is 12.1 Å². The van der Waals surface area contributed by atoms with Gasteiger partial charge in [0.1, 0.15) is 11.3 Å². The predicted molar refractivity (Wildman–Crippen MR) is 77.5 cm³/mol. The highest BCUT2D eigenvalue weighted by Gasteiger charge is 2.22. The van der Waals surface area contributed by atoms with Gasteiger partial charge in [0.05, 0.1) is 5.69 Å². The van der Waals surface area contributed by atoms with Crippen LogP contribution < -0.4 is 11.3 Å². The number of aromatic hydroxyl groups is 1. The zero-order valence-electron chi connectivity index (χ0n) is 11.1. The molecule has 9 heteroatoms. The van der Waals surface area contributed by atoms with Gasteiger partial charge in [-0.1, -0.05) is 18.2 Å². The van der Waals surface area contributed by atoms with E-state index in [0.29, 0.717) is 0 Å². The van der Waals surface area contributed by atoms with Crippen molar-refractivity contribution in [1.29, 1.82) is 0 Å². The largest absolute Gasteiger partial charge is 0.494 e. The van der Waals surface area contributed by atoms with Gasteiger partial charge in [-0.15, -0.1) is 0 Å². The number of hydrogen-bond acceptors (Lipinski definition) is 5. The lowest BCUT2D eigenvalue weighted by atomic mass is 10.1. The van der Waals surface area contributed by atoms with Crippen molar-refractivity contribution < 1.29 is 22.9 Å². The average molecular weight is 324 g/mol. The highest BCUT2D eigenvalue weighted by atomic mass is 32.2. The number of nitrogens with zero attached hydrogens (tertiary/aromatic N) is 1. The molecule has 8 nitrogen and oxygen atoms in total. The van der Waals surface area contributed by atoms with Gasteiger partial charge in [-0.25, -0.2) is 4.57 Å².